The smallest absolute Gasteiger partial charge is 0.221 e. The van der Waals surface area contributed by atoms with E-state index in [1.807, 2.05) is 60.7 Å². The minimum Gasteiger partial charge on any atom is -0.361 e. The molecule has 0 unspecified atom stereocenters. The first-order valence-electron chi connectivity index (χ1n) is 10.5. The van der Waals surface area contributed by atoms with Crippen molar-refractivity contribution < 1.29 is 4.79 Å². The normalized spacial score (nSPS) is 15.7. The highest BCUT2D eigenvalue weighted by Crippen LogP contribution is 2.26. The molecule has 0 saturated heterocycles. The third-order valence-electron chi connectivity index (χ3n) is 5.20. The van der Waals surface area contributed by atoms with E-state index in [2.05, 4.69) is 38.8 Å². The average molecular weight is 459 g/mol. The monoisotopic (exact) mass is 458 g/mol. The summed E-state index contributed by atoms with van der Waals surface area (Å²) in [5, 5.41) is 8.41. The Morgan fingerprint density at radius 2 is 1.66 bits per heavy atom. The van der Waals surface area contributed by atoms with Gasteiger partial charge in [-0.15, -0.1) is 0 Å². The van der Waals surface area contributed by atoms with E-state index >= 15 is 0 Å². The maximum Gasteiger partial charge on any atom is 0.221 e. The fourth-order valence-electron chi connectivity index (χ4n) is 3.55. The predicted molar refractivity (Wildman–Crippen MR) is 136 cm³/mol. The molecule has 2 N–H and O–H groups in total. The van der Waals surface area contributed by atoms with Crippen LogP contribution >= 0.6 is 23.1 Å². The summed E-state index contributed by atoms with van der Waals surface area (Å²) in [5.74, 6) is 0. The Morgan fingerprint density at radius 1 is 0.875 bits per heavy atom. The van der Waals surface area contributed by atoms with Crippen molar-refractivity contribution in [2.45, 2.75) is 18.9 Å². The molecule has 0 saturated carbocycles. The highest BCUT2D eigenvalue weighted by atomic mass is 32.2. The van der Waals surface area contributed by atoms with Crippen molar-refractivity contribution in [2.75, 3.05) is 17.2 Å². The summed E-state index contributed by atoms with van der Waals surface area (Å²) in [7, 11) is 0. The molecule has 0 amide bonds. The summed E-state index contributed by atoms with van der Waals surface area (Å²) < 4.78 is 1.20. The summed E-state index contributed by atoms with van der Waals surface area (Å²) >= 11 is 2.87. The number of thioether (sulfide) groups is 1. The molecule has 7 heteroatoms. The van der Waals surface area contributed by atoms with Crippen LogP contribution in [0.4, 0.5) is 10.8 Å². The maximum absolute atomic E-state index is 12.3. The lowest BCUT2D eigenvalue weighted by molar-refractivity contribution is -0.111. The van der Waals surface area contributed by atoms with Gasteiger partial charge in [-0.25, -0.2) is 9.98 Å². The van der Waals surface area contributed by atoms with Crippen LogP contribution in [0.15, 0.2) is 83.9 Å². The average Bonchev–Trinajstić information content (AvgIpc) is 3.38. The molecule has 2 heterocycles. The molecular formula is C25H22N4OS2. The van der Waals surface area contributed by atoms with Crippen LogP contribution in [0.2, 0.25) is 0 Å². The van der Waals surface area contributed by atoms with Crippen LogP contribution in [0.3, 0.4) is 0 Å². The van der Waals surface area contributed by atoms with E-state index in [-0.39, 0.29) is 11.2 Å². The Balaban J connectivity index is 1.13. The van der Waals surface area contributed by atoms with Crippen molar-refractivity contribution in [3.8, 4) is 0 Å². The molecule has 4 aromatic rings. The fraction of sp³-hybridized carbons (Fsp3) is 0.160. The first-order chi connectivity index (χ1) is 15.7. The molecule has 3 aromatic carbocycles. The lowest BCUT2D eigenvalue weighted by Gasteiger charge is -2.07. The molecule has 0 bridgehead atoms. The van der Waals surface area contributed by atoms with Crippen LogP contribution < -0.4 is 10.6 Å². The summed E-state index contributed by atoms with van der Waals surface area (Å²) in [6.07, 6.45) is 1.54. The van der Waals surface area contributed by atoms with Crippen LogP contribution in [0, 0.1) is 0 Å². The third-order valence-corrected chi connectivity index (χ3v) is 7.07. The van der Waals surface area contributed by atoms with Crippen molar-refractivity contribution >= 4 is 54.4 Å². The van der Waals surface area contributed by atoms with Crippen molar-refractivity contribution in [2.24, 2.45) is 4.99 Å². The molecule has 0 aliphatic carbocycles. The second-order valence-corrected chi connectivity index (χ2v) is 9.57. The first kappa shape index (κ1) is 20.7. The summed E-state index contributed by atoms with van der Waals surface area (Å²) in [5.41, 5.74) is 4.34. The van der Waals surface area contributed by atoms with Gasteiger partial charge in [-0.3, -0.25) is 4.79 Å². The quantitative estimate of drug-likeness (QED) is 0.377. The molecule has 0 spiro atoms. The van der Waals surface area contributed by atoms with E-state index in [1.54, 1.807) is 11.3 Å². The number of amidine groups is 1. The highest BCUT2D eigenvalue weighted by Gasteiger charge is 2.28. The number of carbonyl (C=O) groups excluding carboxylic acids is 1. The number of aromatic nitrogens is 1. The number of thiazole rings is 1. The number of nitrogens with one attached hydrogen (secondary N) is 2. The van der Waals surface area contributed by atoms with E-state index in [0.717, 1.165) is 34.9 Å². The van der Waals surface area contributed by atoms with Gasteiger partial charge in [0.25, 0.3) is 0 Å². The first-order valence-corrected chi connectivity index (χ1v) is 12.1. The van der Waals surface area contributed by atoms with Gasteiger partial charge in [0.2, 0.25) is 5.12 Å². The molecular weight excluding hydrogens is 436 g/mol. The zero-order chi connectivity index (χ0) is 21.8. The van der Waals surface area contributed by atoms with Crippen molar-refractivity contribution in [1.29, 1.82) is 0 Å². The second-order valence-electron chi connectivity index (χ2n) is 7.55. The van der Waals surface area contributed by atoms with Crippen LogP contribution in [0.5, 0.6) is 0 Å². The van der Waals surface area contributed by atoms with Crippen molar-refractivity contribution in [3.05, 3.63) is 90.0 Å². The van der Waals surface area contributed by atoms with Gasteiger partial charge in [-0.05, 0) is 53.6 Å². The molecule has 0 fully saturated rings. The van der Waals surface area contributed by atoms with Gasteiger partial charge in [0, 0.05) is 18.7 Å². The molecule has 160 valence electrons. The molecule has 1 aromatic heterocycles. The van der Waals surface area contributed by atoms with Gasteiger partial charge in [-0.2, -0.15) is 0 Å². The van der Waals surface area contributed by atoms with Gasteiger partial charge >= 0.3 is 0 Å². The SMILES string of the molecule is O=C1SC(Nc2ccc(CCNc3nc4ccccc4s3)cc2)=N[C@H]1Cc1ccccc1. The number of carbonyl (C=O) groups is 1. The number of benzene rings is 3. The summed E-state index contributed by atoms with van der Waals surface area (Å²) in [4.78, 5) is 21.5. The summed E-state index contributed by atoms with van der Waals surface area (Å²) in [6, 6.07) is 26.1. The number of rotatable bonds is 7. The number of anilines is 2. The number of aliphatic imine (C=N–C) groups is 1. The number of para-hydroxylation sites is 1. The Morgan fingerprint density at radius 3 is 2.47 bits per heavy atom. The second kappa shape index (κ2) is 9.54. The van der Waals surface area contributed by atoms with E-state index < -0.39 is 0 Å². The van der Waals surface area contributed by atoms with Crippen LogP contribution in [-0.2, 0) is 17.6 Å². The number of hydrogen-bond acceptors (Lipinski definition) is 7. The third kappa shape index (κ3) is 5.00. The van der Waals surface area contributed by atoms with Crippen LogP contribution in [0.25, 0.3) is 10.2 Å². The zero-order valence-corrected chi connectivity index (χ0v) is 19.0. The van der Waals surface area contributed by atoms with Crippen LogP contribution in [-0.4, -0.2) is 27.9 Å². The summed E-state index contributed by atoms with van der Waals surface area (Å²) in [6.45, 7) is 0.824. The lowest BCUT2D eigenvalue weighted by Crippen LogP contribution is -2.13. The van der Waals surface area contributed by atoms with E-state index in [0.29, 0.717) is 11.6 Å². The Bertz CT molecular complexity index is 1220. The van der Waals surface area contributed by atoms with Gasteiger partial charge in [0.15, 0.2) is 10.3 Å². The van der Waals surface area contributed by atoms with Gasteiger partial charge < -0.3 is 10.6 Å². The van der Waals surface area contributed by atoms with E-state index in [4.69, 9.17) is 0 Å². The molecule has 5 rings (SSSR count). The minimum absolute atomic E-state index is 0.0916. The molecule has 1 aliphatic rings. The largest absolute Gasteiger partial charge is 0.361 e. The molecule has 1 atom stereocenters. The van der Waals surface area contributed by atoms with E-state index in [1.165, 1.54) is 22.0 Å². The molecule has 1 aliphatic heterocycles. The maximum atomic E-state index is 12.3. The Kier molecular flexibility index (Phi) is 6.18. The van der Waals surface area contributed by atoms with Gasteiger partial charge in [0.1, 0.15) is 6.04 Å². The minimum atomic E-state index is -0.322. The zero-order valence-electron chi connectivity index (χ0n) is 17.3. The molecule has 0 radical (unpaired) electrons. The van der Waals surface area contributed by atoms with Crippen molar-refractivity contribution in [3.63, 3.8) is 0 Å². The van der Waals surface area contributed by atoms with E-state index in [9.17, 15) is 4.79 Å². The molecule has 32 heavy (non-hydrogen) atoms. The Hall–Kier alpha value is -3.16. The highest BCUT2D eigenvalue weighted by molar-refractivity contribution is 8.27. The Labute approximate surface area is 195 Å². The number of fused-ring (bicyclic) bond motifs is 1. The number of nitrogens with zero attached hydrogens (tertiary/aromatic N) is 2. The predicted octanol–water partition coefficient (Wildman–Crippen LogP) is 5.60. The van der Waals surface area contributed by atoms with Gasteiger partial charge in [0.05, 0.1) is 10.2 Å². The number of hydrogen-bond donors (Lipinski definition) is 2. The van der Waals surface area contributed by atoms with Crippen LogP contribution in [0.1, 0.15) is 11.1 Å². The fourth-order valence-corrected chi connectivity index (χ4v) is 5.25. The molecule has 5 nitrogen and oxygen atoms in total. The standard InChI is InChI=1S/C25H22N4OS2/c30-23-21(16-18-6-2-1-3-7-18)29-25(32-23)27-19-12-10-17(11-13-19)14-15-26-24-28-20-8-4-5-9-22(20)31-24/h1-13,21H,14-16H2,(H,26,28)(H,27,29)/t21-/m0/s1. The topological polar surface area (TPSA) is 66.4 Å². The lowest BCUT2D eigenvalue weighted by atomic mass is 10.1. The van der Waals surface area contributed by atoms with Gasteiger partial charge in [-0.1, -0.05) is 65.9 Å². The van der Waals surface area contributed by atoms with Crippen molar-refractivity contribution in [1.82, 2.24) is 4.98 Å².